The molecule has 0 atom stereocenters. The van der Waals surface area contributed by atoms with Crippen LogP contribution in [0.25, 0.3) is 0 Å². The molecular weight excluding hydrogens is 208 g/mol. The molecule has 1 saturated heterocycles. The van der Waals surface area contributed by atoms with Crippen LogP contribution in [0.4, 0.5) is 0 Å². The van der Waals surface area contributed by atoms with Crippen LogP contribution in [0.5, 0.6) is 0 Å². The first kappa shape index (κ1) is 9.75. The number of rotatable bonds is 1. The summed E-state index contributed by atoms with van der Waals surface area (Å²) in [5.41, 5.74) is 1.35. The fourth-order valence-corrected chi connectivity index (χ4v) is 3.52. The number of hydrogen-bond acceptors (Lipinski definition) is 4. The van der Waals surface area contributed by atoms with Gasteiger partial charge in [0.1, 0.15) is 0 Å². The van der Waals surface area contributed by atoms with Gasteiger partial charge in [-0.3, -0.25) is 0 Å². The van der Waals surface area contributed by atoms with Crippen molar-refractivity contribution in [2.45, 2.75) is 31.7 Å². The zero-order chi connectivity index (χ0) is 10.1. The van der Waals surface area contributed by atoms with E-state index in [1.807, 2.05) is 11.3 Å². The van der Waals surface area contributed by atoms with Crippen molar-refractivity contribution in [1.29, 1.82) is 0 Å². The second-order valence-electron chi connectivity index (χ2n) is 4.24. The van der Waals surface area contributed by atoms with Crippen LogP contribution in [0.1, 0.15) is 34.3 Å². The molecular formula is C11H16N2OS. The molecule has 4 heteroatoms. The molecule has 2 aliphatic rings. The van der Waals surface area contributed by atoms with Crippen LogP contribution in [-0.4, -0.2) is 24.7 Å². The van der Waals surface area contributed by atoms with Gasteiger partial charge in [0.25, 0.3) is 0 Å². The Bertz CT molecular complexity index is 321. The van der Waals surface area contributed by atoms with Crippen molar-refractivity contribution < 1.29 is 4.74 Å². The van der Waals surface area contributed by atoms with Crippen LogP contribution in [0.15, 0.2) is 0 Å². The van der Waals surface area contributed by atoms with Gasteiger partial charge in [-0.1, -0.05) is 0 Å². The first-order valence-corrected chi connectivity index (χ1v) is 6.52. The number of nitrogens with one attached hydrogen (secondary N) is 1. The maximum absolute atomic E-state index is 5.39. The van der Waals surface area contributed by atoms with Gasteiger partial charge in [0.15, 0.2) is 0 Å². The third-order valence-corrected chi connectivity index (χ3v) is 4.45. The molecule has 3 heterocycles. The van der Waals surface area contributed by atoms with Crippen molar-refractivity contribution in [3.05, 3.63) is 15.6 Å². The SMILES string of the molecule is C1Cc2nc(C3CCOCC3)sc2CN1. The van der Waals surface area contributed by atoms with Gasteiger partial charge < -0.3 is 10.1 Å². The fourth-order valence-electron chi connectivity index (χ4n) is 2.26. The molecule has 0 bridgehead atoms. The average Bonchev–Trinajstić information content (AvgIpc) is 2.74. The first-order chi connectivity index (χ1) is 7.43. The Kier molecular flexibility index (Phi) is 2.73. The summed E-state index contributed by atoms with van der Waals surface area (Å²) in [5.74, 6) is 0.661. The van der Waals surface area contributed by atoms with Gasteiger partial charge in [-0.25, -0.2) is 4.98 Å². The van der Waals surface area contributed by atoms with Crippen LogP contribution in [0, 0.1) is 0 Å². The molecule has 0 radical (unpaired) electrons. The van der Waals surface area contributed by atoms with E-state index in [-0.39, 0.29) is 0 Å². The number of thiazole rings is 1. The van der Waals surface area contributed by atoms with E-state index in [9.17, 15) is 0 Å². The molecule has 15 heavy (non-hydrogen) atoms. The maximum atomic E-state index is 5.39. The number of ether oxygens (including phenoxy) is 1. The Morgan fingerprint density at radius 1 is 1.33 bits per heavy atom. The van der Waals surface area contributed by atoms with E-state index >= 15 is 0 Å². The van der Waals surface area contributed by atoms with E-state index in [1.54, 1.807) is 0 Å². The third-order valence-electron chi connectivity index (χ3n) is 3.19. The number of aromatic nitrogens is 1. The van der Waals surface area contributed by atoms with Gasteiger partial charge in [0.2, 0.25) is 0 Å². The van der Waals surface area contributed by atoms with Crippen LogP contribution in [0.2, 0.25) is 0 Å². The molecule has 1 fully saturated rings. The van der Waals surface area contributed by atoms with Gasteiger partial charge in [-0.2, -0.15) is 0 Å². The van der Waals surface area contributed by atoms with Crippen molar-refractivity contribution in [3.8, 4) is 0 Å². The van der Waals surface area contributed by atoms with Crippen molar-refractivity contribution in [1.82, 2.24) is 10.3 Å². The third kappa shape index (κ3) is 1.94. The number of nitrogens with zero attached hydrogens (tertiary/aromatic N) is 1. The van der Waals surface area contributed by atoms with Crippen LogP contribution >= 0.6 is 11.3 Å². The van der Waals surface area contributed by atoms with Crippen LogP contribution < -0.4 is 5.32 Å². The lowest BCUT2D eigenvalue weighted by molar-refractivity contribution is 0.0852. The largest absolute Gasteiger partial charge is 0.381 e. The van der Waals surface area contributed by atoms with E-state index in [2.05, 4.69) is 5.32 Å². The Labute approximate surface area is 93.9 Å². The summed E-state index contributed by atoms with van der Waals surface area (Å²) < 4.78 is 5.39. The van der Waals surface area contributed by atoms with Crippen molar-refractivity contribution in [3.63, 3.8) is 0 Å². The summed E-state index contributed by atoms with van der Waals surface area (Å²) in [4.78, 5) is 6.26. The molecule has 0 saturated carbocycles. The number of hydrogen-bond donors (Lipinski definition) is 1. The minimum absolute atomic E-state index is 0.661. The second kappa shape index (κ2) is 4.20. The monoisotopic (exact) mass is 224 g/mol. The molecule has 2 aliphatic heterocycles. The topological polar surface area (TPSA) is 34.1 Å². The fraction of sp³-hybridized carbons (Fsp3) is 0.727. The molecule has 0 spiro atoms. The van der Waals surface area contributed by atoms with E-state index in [0.717, 1.165) is 45.6 Å². The first-order valence-electron chi connectivity index (χ1n) is 5.70. The molecule has 1 aromatic rings. The minimum atomic E-state index is 0.661. The molecule has 3 nitrogen and oxygen atoms in total. The normalized spacial score (nSPS) is 22.7. The van der Waals surface area contributed by atoms with Gasteiger partial charge in [0, 0.05) is 43.5 Å². The Hall–Kier alpha value is -0.450. The molecule has 0 amide bonds. The Morgan fingerprint density at radius 3 is 3.00 bits per heavy atom. The van der Waals surface area contributed by atoms with Crippen LogP contribution in [0.3, 0.4) is 0 Å². The van der Waals surface area contributed by atoms with Gasteiger partial charge in [-0.05, 0) is 12.8 Å². The summed E-state index contributed by atoms with van der Waals surface area (Å²) in [6, 6.07) is 0. The van der Waals surface area contributed by atoms with Crippen molar-refractivity contribution >= 4 is 11.3 Å². The highest BCUT2D eigenvalue weighted by atomic mass is 32.1. The summed E-state index contributed by atoms with van der Waals surface area (Å²) in [6.07, 6.45) is 3.41. The van der Waals surface area contributed by atoms with Crippen molar-refractivity contribution in [2.75, 3.05) is 19.8 Å². The zero-order valence-electron chi connectivity index (χ0n) is 8.79. The van der Waals surface area contributed by atoms with Crippen LogP contribution in [-0.2, 0) is 17.7 Å². The zero-order valence-corrected chi connectivity index (χ0v) is 9.61. The van der Waals surface area contributed by atoms with Crippen molar-refractivity contribution in [2.24, 2.45) is 0 Å². The lowest BCUT2D eigenvalue weighted by Gasteiger charge is -2.19. The van der Waals surface area contributed by atoms with Gasteiger partial charge in [0.05, 0.1) is 10.7 Å². The lowest BCUT2D eigenvalue weighted by Crippen LogP contribution is -2.22. The summed E-state index contributed by atoms with van der Waals surface area (Å²) in [5, 5.41) is 4.76. The standard InChI is InChI=1S/C11H16N2OS/c1-4-12-7-10-9(1)13-11(15-10)8-2-5-14-6-3-8/h8,12H,1-7H2. The Balaban J connectivity index is 1.82. The quantitative estimate of drug-likeness (QED) is 0.788. The van der Waals surface area contributed by atoms with Gasteiger partial charge in [-0.15, -0.1) is 11.3 Å². The van der Waals surface area contributed by atoms with E-state index in [1.165, 1.54) is 15.6 Å². The molecule has 1 aromatic heterocycles. The summed E-state index contributed by atoms with van der Waals surface area (Å²) >= 11 is 1.91. The predicted molar refractivity (Wildman–Crippen MR) is 60.3 cm³/mol. The van der Waals surface area contributed by atoms with E-state index < -0.39 is 0 Å². The summed E-state index contributed by atoms with van der Waals surface area (Å²) in [7, 11) is 0. The van der Waals surface area contributed by atoms with E-state index in [4.69, 9.17) is 9.72 Å². The maximum Gasteiger partial charge on any atom is 0.0964 e. The van der Waals surface area contributed by atoms with E-state index in [0.29, 0.717) is 5.92 Å². The summed E-state index contributed by atoms with van der Waals surface area (Å²) in [6.45, 7) is 3.93. The minimum Gasteiger partial charge on any atom is -0.381 e. The lowest BCUT2D eigenvalue weighted by atomic mass is 10.0. The molecule has 0 aliphatic carbocycles. The van der Waals surface area contributed by atoms with Gasteiger partial charge >= 0.3 is 0 Å². The smallest absolute Gasteiger partial charge is 0.0964 e. The molecule has 82 valence electrons. The highest BCUT2D eigenvalue weighted by Gasteiger charge is 2.22. The average molecular weight is 224 g/mol. The highest BCUT2D eigenvalue weighted by Crippen LogP contribution is 2.32. The number of fused-ring (bicyclic) bond motifs is 1. The Morgan fingerprint density at radius 2 is 2.20 bits per heavy atom. The molecule has 3 rings (SSSR count). The highest BCUT2D eigenvalue weighted by molar-refractivity contribution is 7.11. The molecule has 0 aromatic carbocycles. The molecule has 0 unspecified atom stereocenters. The second-order valence-corrected chi connectivity index (χ2v) is 5.35. The molecule has 1 N–H and O–H groups in total. The predicted octanol–water partition coefficient (Wildman–Crippen LogP) is 1.68.